The highest BCUT2D eigenvalue weighted by atomic mass is 15.2. The first-order valence-corrected chi connectivity index (χ1v) is 9.91. The van der Waals surface area contributed by atoms with Gasteiger partial charge in [-0.25, -0.2) is 4.57 Å². The second kappa shape index (κ2) is 5.96. The van der Waals surface area contributed by atoms with E-state index in [0.717, 1.165) is 6.54 Å². The van der Waals surface area contributed by atoms with Gasteiger partial charge in [0.2, 0.25) is 0 Å². The molecular weight excluding hydrogens is 342 g/mol. The average Bonchev–Trinajstić information content (AvgIpc) is 3.28. The number of aryl methyl sites for hydroxylation is 5. The molecule has 4 aromatic rings. The largest absolute Gasteiger partial charge is 0.318 e. The number of aromatic nitrogens is 3. The van der Waals surface area contributed by atoms with E-state index in [1.807, 2.05) is 0 Å². The fraction of sp³-hybridized carbons (Fsp3) is 0.240. The minimum atomic E-state index is 0.936. The molecule has 3 heterocycles. The summed E-state index contributed by atoms with van der Waals surface area (Å²) in [7, 11) is 0. The lowest BCUT2D eigenvalue weighted by Crippen LogP contribution is -2.30. The fourth-order valence-electron chi connectivity index (χ4n) is 4.88. The summed E-state index contributed by atoms with van der Waals surface area (Å²) in [5.41, 5.74) is 11.7. The molecule has 0 N–H and O–H groups in total. The molecule has 0 radical (unpaired) electrons. The van der Waals surface area contributed by atoms with Crippen LogP contribution >= 0.6 is 0 Å². The van der Waals surface area contributed by atoms with Crippen molar-refractivity contribution >= 4 is 0 Å². The first-order chi connectivity index (χ1) is 13.4. The molecule has 1 aliphatic rings. The summed E-state index contributed by atoms with van der Waals surface area (Å²) in [4.78, 5) is 0. The lowest BCUT2D eigenvalue weighted by Gasteiger charge is -2.12. The van der Waals surface area contributed by atoms with Crippen LogP contribution in [-0.2, 0) is 6.54 Å². The summed E-state index contributed by atoms with van der Waals surface area (Å²) in [6.07, 6.45) is 4.42. The Labute approximate surface area is 166 Å². The summed E-state index contributed by atoms with van der Waals surface area (Å²) in [6, 6.07) is 15.8. The van der Waals surface area contributed by atoms with Gasteiger partial charge in [0, 0.05) is 22.6 Å². The normalized spacial score (nSPS) is 12.3. The van der Waals surface area contributed by atoms with Crippen molar-refractivity contribution in [2.45, 2.75) is 41.2 Å². The maximum Gasteiger partial charge on any atom is 0.294 e. The van der Waals surface area contributed by atoms with Crippen LogP contribution in [0.4, 0.5) is 0 Å². The number of hydrogen-bond donors (Lipinski definition) is 0. The maximum atomic E-state index is 2.37. The van der Waals surface area contributed by atoms with Crippen LogP contribution < -0.4 is 4.57 Å². The van der Waals surface area contributed by atoms with Gasteiger partial charge in [-0.2, -0.15) is 4.57 Å². The minimum Gasteiger partial charge on any atom is -0.318 e. The second-order valence-electron chi connectivity index (χ2n) is 8.16. The SMILES string of the molecule is Cc1cc(C)c(-n2cc[n+]3c2-c2cc(-n4c(C)ccc4C)ccc2C3)c(C)c1. The Morgan fingerprint density at radius 2 is 1.50 bits per heavy atom. The van der Waals surface area contributed by atoms with Gasteiger partial charge < -0.3 is 4.57 Å². The van der Waals surface area contributed by atoms with Crippen LogP contribution in [0.2, 0.25) is 0 Å². The monoisotopic (exact) mass is 368 g/mol. The van der Waals surface area contributed by atoms with Crippen molar-refractivity contribution in [3.63, 3.8) is 0 Å². The van der Waals surface area contributed by atoms with Crippen molar-refractivity contribution in [3.8, 4) is 22.8 Å². The van der Waals surface area contributed by atoms with Crippen LogP contribution in [0, 0.1) is 34.6 Å². The molecule has 0 spiro atoms. The van der Waals surface area contributed by atoms with Crippen molar-refractivity contribution in [3.05, 3.63) is 88.5 Å². The van der Waals surface area contributed by atoms with Crippen molar-refractivity contribution < 1.29 is 4.57 Å². The molecule has 0 amide bonds. The molecule has 3 nitrogen and oxygen atoms in total. The van der Waals surface area contributed by atoms with Crippen molar-refractivity contribution in [2.24, 2.45) is 0 Å². The van der Waals surface area contributed by atoms with E-state index >= 15 is 0 Å². The third-order valence-electron chi connectivity index (χ3n) is 5.98. The highest BCUT2D eigenvalue weighted by molar-refractivity contribution is 5.67. The summed E-state index contributed by atoms with van der Waals surface area (Å²) in [5, 5.41) is 0. The molecule has 2 aromatic carbocycles. The van der Waals surface area contributed by atoms with Gasteiger partial charge >= 0.3 is 0 Å². The van der Waals surface area contributed by atoms with E-state index in [1.165, 1.54) is 56.4 Å². The summed E-state index contributed by atoms with van der Waals surface area (Å²) < 4.78 is 7.07. The van der Waals surface area contributed by atoms with Crippen molar-refractivity contribution in [1.82, 2.24) is 9.13 Å². The molecule has 0 bridgehead atoms. The van der Waals surface area contributed by atoms with E-state index in [-0.39, 0.29) is 0 Å². The molecular formula is C25H26N3+. The zero-order valence-corrected chi connectivity index (χ0v) is 17.2. The Bertz CT molecular complexity index is 1190. The predicted molar refractivity (Wildman–Crippen MR) is 114 cm³/mol. The molecule has 140 valence electrons. The van der Waals surface area contributed by atoms with Crippen molar-refractivity contribution in [1.29, 1.82) is 0 Å². The Hall–Kier alpha value is -3.07. The molecule has 0 aliphatic carbocycles. The fourth-order valence-corrected chi connectivity index (χ4v) is 4.88. The van der Waals surface area contributed by atoms with E-state index in [2.05, 4.69) is 103 Å². The van der Waals surface area contributed by atoms with Crippen LogP contribution in [0.1, 0.15) is 33.6 Å². The van der Waals surface area contributed by atoms with Gasteiger partial charge in [-0.3, -0.25) is 0 Å². The molecule has 0 saturated heterocycles. The number of fused-ring (bicyclic) bond motifs is 3. The zero-order valence-electron chi connectivity index (χ0n) is 17.2. The van der Waals surface area contributed by atoms with Gasteiger partial charge in [-0.15, -0.1) is 0 Å². The van der Waals surface area contributed by atoms with E-state index in [4.69, 9.17) is 0 Å². The van der Waals surface area contributed by atoms with E-state index in [9.17, 15) is 0 Å². The molecule has 2 aromatic heterocycles. The average molecular weight is 369 g/mol. The van der Waals surface area contributed by atoms with Crippen LogP contribution in [0.25, 0.3) is 22.8 Å². The Kier molecular flexibility index (Phi) is 3.63. The smallest absolute Gasteiger partial charge is 0.294 e. The van der Waals surface area contributed by atoms with Gasteiger partial charge in [0.05, 0.1) is 5.56 Å². The maximum absolute atomic E-state index is 2.37. The molecule has 5 rings (SSSR count). The number of benzene rings is 2. The number of imidazole rings is 1. The predicted octanol–water partition coefficient (Wildman–Crippen LogP) is 5.13. The summed E-state index contributed by atoms with van der Waals surface area (Å²) in [5.74, 6) is 1.27. The highest BCUT2D eigenvalue weighted by Gasteiger charge is 2.31. The third-order valence-corrected chi connectivity index (χ3v) is 5.98. The van der Waals surface area contributed by atoms with Crippen LogP contribution in [0.3, 0.4) is 0 Å². The summed E-state index contributed by atoms with van der Waals surface area (Å²) in [6.45, 7) is 11.9. The van der Waals surface area contributed by atoms with E-state index in [0.29, 0.717) is 0 Å². The topological polar surface area (TPSA) is 13.7 Å². The lowest BCUT2D eigenvalue weighted by molar-refractivity contribution is -0.671. The van der Waals surface area contributed by atoms with Crippen LogP contribution in [0.5, 0.6) is 0 Å². The molecule has 28 heavy (non-hydrogen) atoms. The molecule has 1 aliphatic heterocycles. The van der Waals surface area contributed by atoms with Crippen molar-refractivity contribution in [2.75, 3.05) is 0 Å². The molecule has 0 fully saturated rings. The van der Waals surface area contributed by atoms with Gasteiger partial charge in [-0.1, -0.05) is 23.8 Å². The Morgan fingerprint density at radius 1 is 0.821 bits per heavy atom. The molecule has 0 unspecified atom stereocenters. The second-order valence-corrected chi connectivity index (χ2v) is 8.16. The highest BCUT2D eigenvalue weighted by Crippen LogP contribution is 2.33. The standard InChI is InChI=1S/C25H26N3/c1-16-12-17(2)24(18(3)13-16)27-11-10-26-15-21-8-9-22(14-23(21)25(26)27)28-19(4)6-7-20(28)5/h6-14H,15H2,1-5H3/q+1. The Morgan fingerprint density at radius 3 is 2.18 bits per heavy atom. The van der Waals surface area contributed by atoms with Gasteiger partial charge in [0.25, 0.3) is 5.82 Å². The molecule has 0 saturated carbocycles. The van der Waals surface area contributed by atoms with Gasteiger partial charge in [0.15, 0.2) is 0 Å². The lowest BCUT2D eigenvalue weighted by atomic mass is 10.0. The van der Waals surface area contributed by atoms with E-state index < -0.39 is 0 Å². The quantitative estimate of drug-likeness (QED) is 0.384. The molecule has 3 heteroatoms. The Balaban J connectivity index is 1.72. The van der Waals surface area contributed by atoms with Gasteiger partial charge in [0.1, 0.15) is 24.6 Å². The first kappa shape index (κ1) is 17.1. The number of hydrogen-bond acceptors (Lipinski definition) is 0. The number of nitrogens with zero attached hydrogens (tertiary/aromatic N) is 3. The van der Waals surface area contributed by atoms with Crippen LogP contribution in [-0.4, -0.2) is 9.13 Å². The molecule has 0 atom stereocenters. The third kappa shape index (κ3) is 2.39. The zero-order chi connectivity index (χ0) is 19.6. The van der Waals surface area contributed by atoms with Gasteiger partial charge in [-0.05, 0) is 70.0 Å². The number of rotatable bonds is 2. The van der Waals surface area contributed by atoms with E-state index in [1.54, 1.807) is 0 Å². The van der Waals surface area contributed by atoms with Crippen LogP contribution in [0.15, 0.2) is 54.9 Å². The summed E-state index contributed by atoms with van der Waals surface area (Å²) >= 11 is 0. The minimum absolute atomic E-state index is 0.936. The first-order valence-electron chi connectivity index (χ1n) is 9.91.